The second-order valence-corrected chi connectivity index (χ2v) is 5.82. The summed E-state index contributed by atoms with van der Waals surface area (Å²) in [5.41, 5.74) is 2.15. The van der Waals surface area contributed by atoms with Crippen LogP contribution in [0.3, 0.4) is 0 Å². The Balaban J connectivity index is 1.36. The molecule has 128 valence electrons. The lowest BCUT2D eigenvalue weighted by atomic mass is 10.1. The highest BCUT2D eigenvalue weighted by atomic mass is 16.5. The van der Waals surface area contributed by atoms with Gasteiger partial charge < -0.3 is 9.84 Å². The molecule has 0 aliphatic carbocycles. The molecule has 1 N–H and O–H groups in total. The van der Waals surface area contributed by atoms with Crippen molar-refractivity contribution >= 4 is 5.91 Å². The van der Waals surface area contributed by atoms with Gasteiger partial charge in [-0.3, -0.25) is 4.79 Å². The summed E-state index contributed by atoms with van der Waals surface area (Å²) in [7, 11) is 0. The van der Waals surface area contributed by atoms with Gasteiger partial charge in [0.15, 0.2) is 0 Å². The molecule has 1 aromatic heterocycles. The van der Waals surface area contributed by atoms with Gasteiger partial charge in [-0.15, -0.1) is 0 Å². The molecule has 0 atom stereocenters. The first-order chi connectivity index (χ1) is 12.3. The molecule has 2 aromatic carbocycles. The molecule has 0 aliphatic rings. The molecule has 0 saturated heterocycles. The molecule has 0 bridgehead atoms. The van der Waals surface area contributed by atoms with Gasteiger partial charge in [-0.05, 0) is 18.4 Å². The van der Waals surface area contributed by atoms with Gasteiger partial charge in [-0.2, -0.15) is 4.98 Å². The Bertz CT molecular complexity index is 785. The smallest absolute Gasteiger partial charge is 0.226 e. The third-order valence-corrected chi connectivity index (χ3v) is 3.87. The van der Waals surface area contributed by atoms with E-state index < -0.39 is 0 Å². The number of carbonyl (C=O) groups excluding carboxylic acids is 1. The minimum atomic E-state index is 0.0544. The number of rotatable bonds is 8. The Kier molecular flexibility index (Phi) is 5.93. The molecular weight excluding hydrogens is 314 g/mol. The average Bonchev–Trinajstić information content (AvgIpc) is 3.12. The van der Waals surface area contributed by atoms with Crippen LogP contribution >= 0.6 is 0 Å². The van der Waals surface area contributed by atoms with Crippen molar-refractivity contribution in [2.45, 2.75) is 25.7 Å². The summed E-state index contributed by atoms with van der Waals surface area (Å²) < 4.78 is 5.25. The molecule has 1 heterocycles. The van der Waals surface area contributed by atoms with Gasteiger partial charge in [-0.25, -0.2) is 0 Å². The molecule has 0 fully saturated rings. The van der Waals surface area contributed by atoms with Gasteiger partial charge in [0.1, 0.15) is 0 Å². The summed E-state index contributed by atoms with van der Waals surface area (Å²) in [5.74, 6) is 1.21. The Morgan fingerprint density at radius 1 is 0.960 bits per heavy atom. The van der Waals surface area contributed by atoms with Crippen LogP contribution in [0.5, 0.6) is 0 Å². The van der Waals surface area contributed by atoms with Gasteiger partial charge in [0.25, 0.3) is 0 Å². The predicted molar refractivity (Wildman–Crippen MR) is 95.8 cm³/mol. The lowest BCUT2D eigenvalue weighted by Crippen LogP contribution is -2.25. The summed E-state index contributed by atoms with van der Waals surface area (Å²) in [6, 6.07) is 19.8. The maximum atomic E-state index is 11.9. The first-order valence-corrected chi connectivity index (χ1v) is 8.50. The maximum absolute atomic E-state index is 11.9. The molecule has 3 rings (SSSR count). The largest absolute Gasteiger partial charge is 0.356 e. The van der Waals surface area contributed by atoms with E-state index in [-0.39, 0.29) is 5.91 Å². The van der Waals surface area contributed by atoms with Crippen molar-refractivity contribution in [3.05, 3.63) is 72.1 Å². The number of hydrogen-bond acceptors (Lipinski definition) is 4. The zero-order chi connectivity index (χ0) is 17.3. The minimum Gasteiger partial charge on any atom is -0.356 e. The van der Waals surface area contributed by atoms with Crippen LogP contribution in [0.4, 0.5) is 0 Å². The van der Waals surface area contributed by atoms with Crippen molar-refractivity contribution in [2.24, 2.45) is 0 Å². The van der Waals surface area contributed by atoms with Crippen molar-refractivity contribution in [1.82, 2.24) is 15.5 Å². The van der Waals surface area contributed by atoms with Crippen LogP contribution in [0.25, 0.3) is 11.4 Å². The van der Waals surface area contributed by atoms with Gasteiger partial charge in [0, 0.05) is 24.9 Å². The zero-order valence-corrected chi connectivity index (χ0v) is 14.0. The van der Waals surface area contributed by atoms with E-state index in [0.29, 0.717) is 37.5 Å². The molecule has 0 aliphatic heterocycles. The van der Waals surface area contributed by atoms with Crippen molar-refractivity contribution in [2.75, 3.05) is 6.54 Å². The van der Waals surface area contributed by atoms with Gasteiger partial charge in [0.05, 0.1) is 0 Å². The van der Waals surface area contributed by atoms with Crippen LogP contribution in [-0.2, 0) is 17.6 Å². The molecule has 1 amide bonds. The molecule has 0 radical (unpaired) electrons. The quantitative estimate of drug-likeness (QED) is 0.685. The van der Waals surface area contributed by atoms with Crippen molar-refractivity contribution in [1.29, 1.82) is 0 Å². The van der Waals surface area contributed by atoms with E-state index in [9.17, 15) is 4.79 Å². The van der Waals surface area contributed by atoms with Crippen LogP contribution in [0.1, 0.15) is 24.3 Å². The number of aromatic nitrogens is 2. The number of hydrogen-bond donors (Lipinski definition) is 1. The molecule has 0 saturated carbocycles. The SMILES string of the molecule is O=C(CCCc1nc(-c2ccccc2)no1)NCCc1ccccc1. The van der Waals surface area contributed by atoms with E-state index in [0.717, 1.165) is 12.0 Å². The van der Waals surface area contributed by atoms with E-state index in [1.807, 2.05) is 48.5 Å². The lowest BCUT2D eigenvalue weighted by molar-refractivity contribution is -0.121. The highest BCUT2D eigenvalue weighted by Crippen LogP contribution is 2.15. The summed E-state index contributed by atoms with van der Waals surface area (Å²) >= 11 is 0. The normalized spacial score (nSPS) is 10.6. The second-order valence-electron chi connectivity index (χ2n) is 5.82. The number of nitrogens with one attached hydrogen (secondary N) is 1. The van der Waals surface area contributed by atoms with E-state index in [1.54, 1.807) is 0 Å². The highest BCUT2D eigenvalue weighted by Gasteiger charge is 2.09. The molecule has 0 unspecified atom stereocenters. The Labute approximate surface area is 147 Å². The Hall–Kier alpha value is -2.95. The predicted octanol–water partition coefficient (Wildman–Crippen LogP) is 3.42. The summed E-state index contributed by atoms with van der Waals surface area (Å²) in [6.45, 7) is 0.654. The zero-order valence-electron chi connectivity index (χ0n) is 14.0. The van der Waals surface area contributed by atoms with Crippen LogP contribution in [0.2, 0.25) is 0 Å². The van der Waals surface area contributed by atoms with E-state index in [2.05, 4.69) is 27.6 Å². The number of aryl methyl sites for hydroxylation is 1. The van der Waals surface area contributed by atoms with Crippen LogP contribution in [0, 0.1) is 0 Å². The third-order valence-electron chi connectivity index (χ3n) is 3.87. The van der Waals surface area contributed by atoms with Crippen molar-refractivity contribution in [3.63, 3.8) is 0 Å². The monoisotopic (exact) mass is 335 g/mol. The number of carbonyl (C=O) groups is 1. The van der Waals surface area contributed by atoms with Gasteiger partial charge in [-0.1, -0.05) is 65.8 Å². The first kappa shape index (κ1) is 16.9. The summed E-state index contributed by atoms with van der Waals surface area (Å²) in [4.78, 5) is 16.2. The standard InChI is InChI=1S/C20H21N3O2/c24-18(21-15-14-16-8-3-1-4-9-16)12-7-13-19-22-20(23-25-19)17-10-5-2-6-11-17/h1-6,8-11H,7,12-15H2,(H,21,24). The van der Waals surface area contributed by atoms with Crippen molar-refractivity contribution in [3.8, 4) is 11.4 Å². The van der Waals surface area contributed by atoms with Gasteiger partial charge in [0.2, 0.25) is 17.6 Å². The van der Waals surface area contributed by atoms with Crippen LogP contribution in [-0.4, -0.2) is 22.6 Å². The molecular formula is C20H21N3O2. The fourth-order valence-corrected chi connectivity index (χ4v) is 2.54. The van der Waals surface area contributed by atoms with E-state index in [4.69, 9.17) is 4.52 Å². The van der Waals surface area contributed by atoms with E-state index in [1.165, 1.54) is 5.56 Å². The summed E-state index contributed by atoms with van der Waals surface area (Å²) in [6.07, 6.45) is 2.59. The maximum Gasteiger partial charge on any atom is 0.226 e. The molecule has 3 aromatic rings. The topological polar surface area (TPSA) is 68.0 Å². The third kappa shape index (κ3) is 5.28. The van der Waals surface area contributed by atoms with E-state index >= 15 is 0 Å². The minimum absolute atomic E-state index is 0.0544. The average molecular weight is 335 g/mol. The van der Waals surface area contributed by atoms with Crippen LogP contribution < -0.4 is 5.32 Å². The van der Waals surface area contributed by atoms with Crippen LogP contribution in [0.15, 0.2) is 65.2 Å². The Morgan fingerprint density at radius 2 is 1.68 bits per heavy atom. The van der Waals surface area contributed by atoms with Crippen molar-refractivity contribution < 1.29 is 9.32 Å². The Morgan fingerprint density at radius 3 is 2.44 bits per heavy atom. The molecule has 25 heavy (non-hydrogen) atoms. The molecule has 5 heteroatoms. The fraction of sp³-hybridized carbons (Fsp3) is 0.250. The first-order valence-electron chi connectivity index (χ1n) is 8.50. The fourth-order valence-electron chi connectivity index (χ4n) is 2.54. The highest BCUT2D eigenvalue weighted by molar-refractivity contribution is 5.75. The second kappa shape index (κ2) is 8.78. The molecule has 5 nitrogen and oxygen atoms in total. The number of benzene rings is 2. The molecule has 0 spiro atoms. The van der Waals surface area contributed by atoms with Gasteiger partial charge >= 0.3 is 0 Å². The summed E-state index contributed by atoms with van der Waals surface area (Å²) in [5, 5.41) is 6.92. The number of nitrogens with zero attached hydrogens (tertiary/aromatic N) is 2. The number of amides is 1. The lowest BCUT2D eigenvalue weighted by Gasteiger charge is -2.04.